The Bertz CT molecular complexity index is 1210. The van der Waals surface area contributed by atoms with Crippen molar-refractivity contribution in [3.63, 3.8) is 0 Å². The van der Waals surface area contributed by atoms with Gasteiger partial charge in [-0.1, -0.05) is 35.3 Å². The smallest absolute Gasteiger partial charge is 0.295 e. The second-order valence-corrected chi connectivity index (χ2v) is 8.00. The Kier molecular flexibility index (Phi) is 6.17. The summed E-state index contributed by atoms with van der Waals surface area (Å²) in [5.74, 6) is -1.19. The number of aliphatic hydroxyl groups is 1. The zero-order valence-corrected chi connectivity index (χ0v) is 18.5. The van der Waals surface area contributed by atoms with Gasteiger partial charge in [-0.05, 0) is 53.6 Å². The number of carbonyl (C=O) groups excluding carboxylic acids is 2. The SMILES string of the molecule is COc1ccc(C(O)=C2C(=O)C(=O)N(Cc3cccnc3)C2c2ccc(Cl)c(Cl)c2)cc1. The number of ketones is 1. The van der Waals surface area contributed by atoms with Crippen molar-refractivity contribution in [2.45, 2.75) is 12.6 Å². The lowest BCUT2D eigenvalue weighted by Gasteiger charge is -2.25. The third-order valence-electron chi connectivity index (χ3n) is 5.24. The quantitative estimate of drug-likeness (QED) is 0.323. The first kappa shape index (κ1) is 21.9. The van der Waals surface area contributed by atoms with Crippen molar-refractivity contribution in [3.8, 4) is 5.75 Å². The molecule has 0 saturated carbocycles. The highest BCUT2D eigenvalue weighted by atomic mass is 35.5. The molecule has 1 unspecified atom stereocenters. The average Bonchev–Trinajstić information content (AvgIpc) is 3.06. The first-order valence-electron chi connectivity index (χ1n) is 9.67. The monoisotopic (exact) mass is 468 g/mol. The lowest BCUT2D eigenvalue weighted by molar-refractivity contribution is -0.140. The molecule has 162 valence electrons. The minimum atomic E-state index is -0.855. The number of likely N-dealkylation sites (tertiary alicyclic amines) is 1. The molecule has 4 rings (SSSR count). The number of hydrogen-bond donors (Lipinski definition) is 1. The normalized spacial score (nSPS) is 17.6. The predicted molar refractivity (Wildman–Crippen MR) is 122 cm³/mol. The molecule has 0 bridgehead atoms. The van der Waals surface area contributed by atoms with Gasteiger partial charge in [0.05, 0.1) is 28.8 Å². The van der Waals surface area contributed by atoms with E-state index in [-0.39, 0.29) is 22.9 Å². The summed E-state index contributed by atoms with van der Waals surface area (Å²) in [6.07, 6.45) is 3.24. The maximum atomic E-state index is 13.1. The number of pyridine rings is 1. The van der Waals surface area contributed by atoms with Crippen LogP contribution in [-0.2, 0) is 16.1 Å². The third kappa shape index (κ3) is 4.07. The standard InChI is InChI=1S/C24H18Cl2N2O4/c1-32-17-7-4-15(5-8-17)22(29)20-21(16-6-9-18(25)19(26)11-16)28(24(31)23(20)30)13-14-3-2-10-27-12-14/h2-12,21,29H,13H2,1H3. The van der Waals surface area contributed by atoms with Crippen molar-refractivity contribution in [2.75, 3.05) is 7.11 Å². The Morgan fingerprint density at radius 2 is 1.84 bits per heavy atom. The number of ether oxygens (including phenoxy) is 1. The van der Waals surface area contributed by atoms with E-state index in [1.54, 1.807) is 60.9 Å². The zero-order chi connectivity index (χ0) is 22.8. The highest BCUT2D eigenvalue weighted by Crippen LogP contribution is 2.41. The van der Waals surface area contributed by atoms with E-state index in [0.29, 0.717) is 21.9 Å². The highest BCUT2D eigenvalue weighted by Gasteiger charge is 2.46. The molecule has 0 radical (unpaired) electrons. The Balaban J connectivity index is 1.86. The summed E-state index contributed by atoms with van der Waals surface area (Å²) < 4.78 is 5.15. The zero-order valence-electron chi connectivity index (χ0n) is 17.0. The molecule has 8 heteroatoms. The Morgan fingerprint density at radius 3 is 2.47 bits per heavy atom. The summed E-state index contributed by atoms with van der Waals surface area (Å²) in [6.45, 7) is 0.128. The summed E-state index contributed by atoms with van der Waals surface area (Å²) in [7, 11) is 1.53. The number of carbonyl (C=O) groups is 2. The van der Waals surface area contributed by atoms with Crippen LogP contribution < -0.4 is 4.74 Å². The topological polar surface area (TPSA) is 79.7 Å². The van der Waals surface area contributed by atoms with Crippen LogP contribution in [0.1, 0.15) is 22.7 Å². The van der Waals surface area contributed by atoms with E-state index in [4.69, 9.17) is 27.9 Å². The average molecular weight is 469 g/mol. The highest BCUT2D eigenvalue weighted by molar-refractivity contribution is 6.46. The summed E-state index contributed by atoms with van der Waals surface area (Å²) in [5, 5.41) is 11.7. The minimum absolute atomic E-state index is 0.0255. The number of methoxy groups -OCH3 is 1. The number of rotatable bonds is 5. The molecule has 1 aliphatic heterocycles. The van der Waals surface area contributed by atoms with E-state index in [1.165, 1.54) is 12.0 Å². The van der Waals surface area contributed by atoms with Crippen LogP contribution in [-0.4, -0.2) is 33.8 Å². The van der Waals surface area contributed by atoms with Crippen LogP contribution in [0.4, 0.5) is 0 Å². The van der Waals surface area contributed by atoms with Crippen molar-refractivity contribution in [1.29, 1.82) is 0 Å². The second-order valence-electron chi connectivity index (χ2n) is 7.19. The van der Waals surface area contributed by atoms with Gasteiger partial charge < -0.3 is 14.7 Å². The van der Waals surface area contributed by atoms with E-state index in [1.807, 2.05) is 6.07 Å². The fourth-order valence-corrected chi connectivity index (χ4v) is 3.97. The number of amides is 1. The maximum Gasteiger partial charge on any atom is 0.295 e. The van der Waals surface area contributed by atoms with Crippen molar-refractivity contribution >= 4 is 40.7 Å². The second kappa shape index (κ2) is 9.02. The van der Waals surface area contributed by atoms with Crippen LogP contribution in [0.15, 0.2) is 72.6 Å². The predicted octanol–water partition coefficient (Wildman–Crippen LogP) is 5.02. The Hall–Kier alpha value is -3.35. The molecular formula is C24H18Cl2N2O4. The van der Waals surface area contributed by atoms with Gasteiger partial charge in [0.2, 0.25) is 0 Å². The molecule has 1 fully saturated rings. The summed E-state index contributed by atoms with van der Waals surface area (Å²) in [6, 6.07) is 14.1. The molecular weight excluding hydrogens is 451 g/mol. The van der Waals surface area contributed by atoms with E-state index in [9.17, 15) is 14.7 Å². The molecule has 1 aromatic heterocycles. The largest absolute Gasteiger partial charge is 0.507 e. The summed E-state index contributed by atoms with van der Waals surface area (Å²) in [5.41, 5.74) is 1.65. The van der Waals surface area contributed by atoms with Gasteiger partial charge in [-0.15, -0.1) is 0 Å². The van der Waals surface area contributed by atoms with Crippen LogP contribution in [0.25, 0.3) is 5.76 Å². The molecule has 2 aromatic carbocycles. The molecule has 1 aliphatic rings. The molecule has 0 spiro atoms. The van der Waals surface area contributed by atoms with Gasteiger partial charge in [0.1, 0.15) is 11.5 Å². The fourth-order valence-electron chi connectivity index (χ4n) is 3.66. The molecule has 3 aromatic rings. The van der Waals surface area contributed by atoms with Crippen LogP contribution >= 0.6 is 23.2 Å². The first-order valence-corrected chi connectivity index (χ1v) is 10.4. The minimum Gasteiger partial charge on any atom is -0.507 e. The fraction of sp³-hybridized carbons (Fsp3) is 0.125. The van der Waals surface area contributed by atoms with Gasteiger partial charge in [-0.3, -0.25) is 14.6 Å². The number of halogens is 2. The van der Waals surface area contributed by atoms with E-state index >= 15 is 0 Å². The molecule has 1 atom stereocenters. The third-order valence-corrected chi connectivity index (χ3v) is 5.98. The van der Waals surface area contributed by atoms with Gasteiger partial charge in [0.15, 0.2) is 0 Å². The van der Waals surface area contributed by atoms with Crippen molar-refractivity contribution in [2.24, 2.45) is 0 Å². The van der Waals surface area contributed by atoms with Gasteiger partial charge in [0.25, 0.3) is 11.7 Å². The lowest BCUT2D eigenvalue weighted by atomic mass is 9.95. The number of benzene rings is 2. The molecule has 0 aliphatic carbocycles. The Labute approximate surface area is 194 Å². The Morgan fingerprint density at radius 1 is 1.09 bits per heavy atom. The van der Waals surface area contributed by atoms with Crippen molar-refractivity contribution < 1.29 is 19.4 Å². The summed E-state index contributed by atoms with van der Waals surface area (Å²) in [4.78, 5) is 31.6. The van der Waals surface area contributed by atoms with Crippen LogP contribution in [0.2, 0.25) is 10.0 Å². The lowest BCUT2D eigenvalue weighted by Crippen LogP contribution is -2.29. The number of aromatic nitrogens is 1. The van der Waals surface area contributed by atoms with Gasteiger partial charge >= 0.3 is 0 Å². The molecule has 6 nitrogen and oxygen atoms in total. The van der Waals surface area contributed by atoms with E-state index in [2.05, 4.69) is 4.98 Å². The van der Waals surface area contributed by atoms with Gasteiger partial charge in [0, 0.05) is 24.5 Å². The number of hydrogen-bond acceptors (Lipinski definition) is 5. The van der Waals surface area contributed by atoms with Gasteiger partial charge in [-0.25, -0.2) is 0 Å². The molecule has 1 amide bonds. The summed E-state index contributed by atoms with van der Waals surface area (Å²) >= 11 is 12.3. The van der Waals surface area contributed by atoms with Crippen molar-refractivity contribution in [3.05, 3.63) is 99.3 Å². The molecule has 1 saturated heterocycles. The molecule has 32 heavy (non-hydrogen) atoms. The van der Waals surface area contributed by atoms with Gasteiger partial charge in [-0.2, -0.15) is 0 Å². The molecule has 1 N–H and O–H groups in total. The van der Waals surface area contributed by atoms with Crippen molar-refractivity contribution in [1.82, 2.24) is 9.88 Å². The van der Waals surface area contributed by atoms with Crippen LogP contribution in [0, 0.1) is 0 Å². The van der Waals surface area contributed by atoms with Crippen LogP contribution in [0.5, 0.6) is 5.75 Å². The van der Waals surface area contributed by atoms with E-state index in [0.717, 1.165) is 5.56 Å². The number of Topliss-reactive ketones (excluding diaryl/α,β-unsaturated/α-hetero) is 1. The number of nitrogens with zero attached hydrogens (tertiary/aromatic N) is 2. The van der Waals surface area contributed by atoms with Crippen LogP contribution in [0.3, 0.4) is 0 Å². The first-order chi connectivity index (χ1) is 15.4. The maximum absolute atomic E-state index is 13.1. The van der Waals surface area contributed by atoms with E-state index < -0.39 is 17.7 Å². The molecule has 2 heterocycles. The number of aliphatic hydroxyl groups excluding tert-OH is 1.